The lowest BCUT2D eigenvalue weighted by Gasteiger charge is -2.23. The highest BCUT2D eigenvalue weighted by molar-refractivity contribution is 6.30. The minimum Gasteiger partial charge on any atom is -0.387 e. The maximum Gasteiger partial charge on any atom is 0.253 e. The Bertz CT molecular complexity index is 1060. The van der Waals surface area contributed by atoms with Gasteiger partial charge in [0.2, 0.25) is 0 Å². The molecule has 1 fully saturated rings. The average Bonchev–Trinajstić information content (AvgIpc) is 3.21. The SMILES string of the molecule is C[C@H](Cc1c[nH]c2c(C(=O)NC3CCOCC3)cccc12)NC[C@H](O)c1cccc(Cl)c1. The van der Waals surface area contributed by atoms with Crippen molar-refractivity contribution in [1.82, 2.24) is 15.6 Å². The van der Waals surface area contributed by atoms with Gasteiger partial charge in [0.1, 0.15) is 0 Å². The minimum absolute atomic E-state index is 0.0493. The number of nitrogens with one attached hydrogen (secondary N) is 3. The molecule has 32 heavy (non-hydrogen) atoms. The van der Waals surface area contributed by atoms with Crippen LogP contribution in [0.3, 0.4) is 0 Å². The summed E-state index contributed by atoms with van der Waals surface area (Å²) >= 11 is 6.02. The normalized spacial score (nSPS) is 16.7. The molecule has 6 nitrogen and oxygen atoms in total. The van der Waals surface area contributed by atoms with E-state index in [0.717, 1.165) is 41.3 Å². The Kier molecular flexibility index (Phi) is 7.48. The second-order valence-corrected chi connectivity index (χ2v) is 8.92. The van der Waals surface area contributed by atoms with Crippen LogP contribution in [0, 0.1) is 0 Å². The maximum absolute atomic E-state index is 12.9. The molecule has 4 rings (SSSR count). The smallest absolute Gasteiger partial charge is 0.253 e. The van der Waals surface area contributed by atoms with Crippen LogP contribution in [0.15, 0.2) is 48.7 Å². The summed E-state index contributed by atoms with van der Waals surface area (Å²) in [7, 11) is 0. The zero-order valence-electron chi connectivity index (χ0n) is 18.2. The van der Waals surface area contributed by atoms with E-state index in [4.69, 9.17) is 16.3 Å². The van der Waals surface area contributed by atoms with Gasteiger partial charge in [0.25, 0.3) is 5.91 Å². The Hall–Kier alpha value is -2.38. The third kappa shape index (κ3) is 5.51. The number of aromatic amines is 1. The molecule has 0 spiro atoms. The van der Waals surface area contributed by atoms with Crippen LogP contribution >= 0.6 is 11.6 Å². The fraction of sp³-hybridized carbons (Fsp3) is 0.400. The number of rotatable bonds is 8. The predicted octanol–water partition coefficient (Wildman–Crippen LogP) is 3.98. The highest BCUT2D eigenvalue weighted by Crippen LogP contribution is 2.24. The first-order valence-electron chi connectivity index (χ1n) is 11.2. The fourth-order valence-corrected chi connectivity index (χ4v) is 4.42. The van der Waals surface area contributed by atoms with Crippen LogP contribution in [-0.2, 0) is 11.2 Å². The number of para-hydroxylation sites is 1. The van der Waals surface area contributed by atoms with Crippen molar-refractivity contribution in [3.05, 3.63) is 70.4 Å². The van der Waals surface area contributed by atoms with Crippen LogP contribution in [0.25, 0.3) is 10.9 Å². The number of hydrogen-bond donors (Lipinski definition) is 4. The molecule has 1 amide bonds. The molecular formula is C25H30ClN3O3. The second kappa shape index (κ2) is 10.5. The number of amides is 1. The number of hydrogen-bond acceptors (Lipinski definition) is 4. The van der Waals surface area contributed by atoms with Crippen molar-refractivity contribution < 1.29 is 14.6 Å². The van der Waals surface area contributed by atoms with Gasteiger partial charge >= 0.3 is 0 Å². The number of benzene rings is 2. The van der Waals surface area contributed by atoms with E-state index in [2.05, 4.69) is 22.5 Å². The van der Waals surface area contributed by atoms with E-state index in [1.807, 2.05) is 36.5 Å². The number of fused-ring (bicyclic) bond motifs is 1. The molecule has 0 bridgehead atoms. The molecule has 0 aliphatic carbocycles. The minimum atomic E-state index is -0.625. The Balaban J connectivity index is 1.39. The Morgan fingerprint density at radius 2 is 2.03 bits per heavy atom. The summed E-state index contributed by atoms with van der Waals surface area (Å²) < 4.78 is 5.38. The Morgan fingerprint density at radius 1 is 1.25 bits per heavy atom. The molecule has 1 aliphatic heterocycles. The zero-order chi connectivity index (χ0) is 22.5. The van der Waals surface area contributed by atoms with Gasteiger partial charge in [-0.1, -0.05) is 35.9 Å². The van der Waals surface area contributed by atoms with E-state index in [1.54, 1.807) is 12.1 Å². The first kappa shape index (κ1) is 22.8. The van der Waals surface area contributed by atoms with Crippen LogP contribution in [0.5, 0.6) is 0 Å². The molecule has 2 aromatic carbocycles. The molecule has 1 aliphatic rings. The number of aliphatic hydroxyl groups is 1. The first-order valence-corrected chi connectivity index (χ1v) is 11.5. The van der Waals surface area contributed by atoms with Gasteiger partial charge in [0, 0.05) is 48.4 Å². The summed E-state index contributed by atoms with van der Waals surface area (Å²) in [5, 5.41) is 18.6. The highest BCUT2D eigenvalue weighted by atomic mass is 35.5. The van der Waals surface area contributed by atoms with Gasteiger partial charge in [-0.05, 0) is 55.5 Å². The van der Waals surface area contributed by atoms with Gasteiger partial charge in [0.05, 0.1) is 17.2 Å². The molecule has 0 saturated carbocycles. The van der Waals surface area contributed by atoms with Gasteiger partial charge in [0.15, 0.2) is 0 Å². The van der Waals surface area contributed by atoms with Gasteiger partial charge < -0.3 is 25.5 Å². The first-order chi connectivity index (χ1) is 15.5. The Labute approximate surface area is 193 Å². The molecule has 170 valence electrons. The molecule has 0 radical (unpaired) electrons. The largest absolute Gasteiger partial charge is 0.387 e. The number of carbonyl (C=O) groups excluding carboxylic acids is 1. The summed E-state index contributed by atoms with van der Waals surface area (Å²) in [6.45, 7) is 3.91. The van der Waals surface area contributed by atoms with E-state index in [0.29, 0.717) is 30.3 Å². The fourth-order valence-electron chi connectivity index (χ4n) is 4.22. The second-order valence-electron chi connectivity index (χ2n) is 8.49. The molecular weight excluding hydrogens is 426 g/mol. The molecule has 2 atom stereocenters. The van der Waals surface area contributed by atoms with Gasteiger partial charge in [-0.3, -0.25) is 4.79 Å². The maximum atomic E-state index is 12.9. The van der Waals surface area contributed by atoms with Crippen LogP contribution in [0.1, 0.15) is 47.4 Å². The van der Waals surface area contributed by atoms with Gasteiger partial charge in [-0.2, -0.15) is 0 Å². The summed E-state index contributed by atoms with van der Waals surface area (Å²) in [5.41, 5.74) is 3.46. The van der Waals surface area contributed by atoms with E-state index in [1.165, 1.54) is 0 Å². The summed E-state index contributed by atoms with van der Waals surface area (Å²) in [6, 6.07) is 13.4. The average molecular weight is 456 g/mol. The van der Waals surface area contributed by atoms with E-state index < -0.39 is 6.10 Å². The van der Waals surface area contributed by atoms with Crippen molar-refractivity contribution in [2.45, 2.75) is 44.4 Å². The molecule has 7 heteroatoms. The summed E-state index contributed by atoms with van der Waals surface area (Å²) in [4.78, 5) is 16.2. The van der Waals surface area contributed by atoms with E-state index in [-0.39, 0.29) is 18.0 Å². The van der Waals surface area contributed by atoms with Gasteiger partial charge in [-0.15, -0.1) is 0 Å². The molecule has 3 aromatic rings. The third-order valence-corrected chi connectivity index (χ3v) is 6.26. The highest BCUT2D eigenvalue weighted by Gasteiger charge is 2.20. The van der Waals surface area contributed by atoms with Crippen molar-refractivity contribution in [3.63, 3.8) is 0 Å². The van der Waals surface area contributed by atoms with Crippen molar-refractivity contribution in [2.24, 2.45) is 0 Å². The standard InChI is InChI=1S/C25H30ClN3O3/c1-16(27-15-23(30)17-4-2-5-19(26)13-17)12-18-14-28-24-21(18)6-3-7-22(24)25(31)29-20-8-10-32-11-9-20/h2-7,13-14,16,20,23,27-28,30H,8-12,15H2,1H3,(H,29,31)/t16-,23+/m1/s1. The number of carbonyl (C=O) groups is 1. The van der Waals surface area contributed by atoms with Crippen molar-refractivity contribution in [2.75, 3.05) is 19.8 Å². The summed E-state index contributed by atoms with van der Waals surface area (Å²) in [6.07, 6.45) is 3.82. The topological polar surface area (TPSA) is 86.4 Å². The predicted molar refractivity (Wildman–Crippen MR) is 127 cm³/mol. The van der Waals surface area contributed by atoms with Crippen LogP contribution in [0.2, 0.25) is 5.02 Å². The quantitative estimate of drug-likeness (QED) is 0.413. The number of halogens is 1. The van der Waals surface area contributed by atoms with Crippen LogP contribution in [0.4, 0.5) is 0 Å². The number of H-pyrrole nitrogens is 1. The molecule has 1 saturated heterocycles. The third-order valence-electron chi connectivity index (χ3n) is 6.02. The lowest BCUT2D eigenvalue weighted by Crippen LogP contribution is -2.38. The van der Waals surface area contributed by atoms with Crippen molar-refractivity contribution >= 4 is 28.4 Å². The number of ether oxygens (including phenoxy) is 1. The summed E-state index contributed by atoms with van der Waals surface area (Å²) in [5.74, 6) is -0.0493. The number of aromatic nitrogens is 1. The molecule has 4 N–H and O–H groups in total. The van der Waals surface area contributed by atoms with Gasteiger partial charge in [-0.25, -0.2) is 0 Å². The van der Waals surface area contributed by atoms with Crippen molar-refractivity contribution in [1.29, 1.82) is 0 Å². The van der Waals surface area contributed by atoms with Crippen LogP contribution < -0.4 is 10.6 Å². The molecule has 0 unspecified atom stereocenters. The van der Waals surface area contributed by atoms with E-state index in [9.17, 15) is 9.90 Å². The van der Waals surface area contributed by atoms with Crippen molar-refractivity contribution in [3.8, 4) is 0 Å². The Morgan fingerprint density at radius 3 is 2.81 bits per heavy atom. The lowest BCUT2D eigenvalue weighted by atomic mass is 10.0. The lowest BCUT2D eigenvalue weighted by molar-refractivity contribution is 0.0697. The number of aliphatic hydroxyl groups excluding tert-OH is 1. The molecule has 2 heterocycles. The van der Waals surface area contributed by atoms with E-state index >= 15 is 0 Å². The van der Waals surface area contributed by atoms with Crippen LogP contribution in [-0.4, -0.2) is 47.8 Å². The zero-order valence-corrected chi connectivity index (χ0v) is 19.0. The molecule has 1 aromatic heterocycles. The monoisotopic (exact) mass is 455 g/mol.